The molecule has 0 radical (unpaired) electrons. The predicted octanol–water partition coefficient (Wildman–Crippen LogP) is 3.09. The van der Waals surface area contributed by atoms with Gasteiger partial charge in [0.1, 0.15) is 12.4 Å². The summed E-state index contributed by atoms with van der Waals surface area (Å²) in [4.78, 5) is 15.0. The van der Waals surface area contributed by atoms with Crippen LogP contribution in [0.15, 0.2) is 55.3 Å². The van der Waals surface area contributed by atoms with Crippen molar-refractivity contribution in [2.45, 2.75) is 13.0 Å². The van der Waals surface area contributed by atoms with Gasteiger partial charge in [0.25, 0.3) is 0 Å². The molecule has 1 aromatic carbocycles. The van der Waals surface area contributed by atoms with Gasteiger partial charge >= 0.3 is 5.97 Å². The van der Waals surface area contributed by atoms with Crippen molar-refractivity contribution in [2.24, 2.45) is 0 Å². The summed E-state index contributed by atoms with van der Waals surface area (Å²) in [5, 5.41) is 9.06. The number of hydrogen-bond donors (Lipinski definition) is 1. The number of ether oxygens (including phenoxy) is 1. The fourth-order valence-electron chi connectivity index (χ4n) is 1.83. The Morgan fingerprint density at radius 1 is 1.35 bits per heavy atom. The van der Waals surface area contributed by atoms with E-state index >= 15 is 0 Å². The maximum Gasteiger partial charge on any atom is 0.354 e. The molecule has 0 atom stereocenters. The first-order valence-corrected chi connectivity index (χ1v) is 6.20. The fourth-order valence-corrected chi connectivity index (χ4v) is 1.83. The number of rotatable bonds is 6. The molecule has 0 spiro atoms. The molecule has 2 aromatic rings. The molecule has 2 rings (SSSR count). The summed E-state index contributed by atoms with van der Waals surface area (Å²) in [7, 11) is 0. The van der Waals surface area contributed by atoms with Gasteiger partial charge < -0.3 is 9.84 Å². The predicted molar refractivity (Wildman–Crippen MR) is 75.9 cm³/mol. The zero-order valence-corrected chi connectivity index (χ0v) is 11.0. The Morgan fingerprint density at radius 3 is 2.75 bits per heavy atom. The fraction of sp³-hybridized carbons (Fsp3) is 0.125. The minimum atomic E-state index is -1.03. The number of pyridine rings is 1. The summed E-state index contributed by atoms with van der Waals surface area (Å²) >= 11 is 0. The number of allylic oxidation sites excluding steroid dienone is 1. The molecule has 0 saturated heterocycles. The molecule has 4 heteroatoms. The van der Waals surface area contributed by atoms with Crippen LogP contribution in [0.1, 0.15) is 21.6 Å². The molecule has 0 aliphatic carbocycles. The quantitative estimate of drug-likeness (QED) is 0.819. The third-order valence-electron chi connectivity index (χ3n) is 2.74. The molecular formula is C16H15NO3. The molecule has 1 aromatic heterocycles. The molecule has 0 aliphatic heterocycles. The maximum absolute atomic E-state index is 11.1. The van der Waals surface area contributed by atoms with E-state index in [-0.39, 0.29) is 5.69 Å². The van der Waals surface area contributed by atoms with Crippen LogP contribution in [0.4, 0.5) is 0 Å². The molecule has 0 amide bonds. The number of aromatic carboxylic acids is 1. The lowest BCUT2D eigenvalue weighted by molar-refractivity contribution is 0.0689. The van der Waals surface area contributed by atoms with Gasteiger partial charge in [0.05, 0.1) is 0 Å². The zero-order chi connectivity index (χ0) is 14.4. The average molecular weight is 269 g/mol. The third kappa shape index (κ3) is 3.45. The number of carboxylic acids is 1. The van der Waals surface area contributed by atoms with Crippen molar-refractivity contribution in [1.29, 1.82) is 0 Å². The van der Waals surface area contributed by atoms with Crippen LogP contribution in [-0.4, -0.2) is 16.1 Å². The van der Waals surface area contributed by atoms with E-state index in [9.17, 15) is 4.79 Å². The van der Waals surface area contributed by atoms with Gasteiger partial charge in [-0.15, -0.1) is 6.58 Å². The monoisotopic (exact) mass is 269 g/mol. The third-order valence-corrected chi connectivity index (χ3v) is 2.74. The van der Waals surface area contributed by atoms with Crippen LogP contribution >= 0.6 is 0 Å². The smallest absolute Gasteiger partial charge is 0.354 e. The lowest BCUT2D eigenvalue weighted by atomic mass is 10.1. The lowest BCUT2D eigenvalue weighted by Crippen LogP contribution is -2.07. The summed E-state index contributed by atoms with van der Waals surface area (Å²) in [6.07, 6.45) is 3.65. The Bertz CT molecular complexity index is 608. The highest BCUT2D eigenvalue weighted by molar-refractivity contribution is 5.87. The molecule has 0 bridgehead atoms. The Balaban J connectivity index is 2.14. The van der Waals surface area contributed by atoms with Gasteiger partial charge in [-0.3, -0.25) is 0 Å². The first-order valence-electron chi connectivity index (χ1n) is 6.20. The Morgan fingerprint density at radius 2 is 2.10 bits per heavy atom. The zero-order valence-electron chi connectivity index (χ0n) is 11.0. The van der Waals surface area contributed by atoms with Crippen LogP contribution < -0.4 is 4.74 Å². The Hall–Kier alpha value is -2.62. The summed E-state index contributed by atoms with van der Waals surface area (Å²) in [5.74, 6) is -0.266. The molecule has 1 N–H and O–H groups in total. The van der Waals surface area contributed by atoms with Crippen molar-refractivity contribution in [1.82, 2.24) is 4.98 Å². The van der Waals surface area contributed by atoms with Gasteiger partial charge in [-0.25, -0.2) is 9.78 Å². The number of hydrogen-bond acceptors (Lipinski definition) is 3. The van der Waals surface area contributed by atoms with Gasteiger partial charge in [-0.2, -0.15) is 0 Å². The van der Waals surface area contributed by atoms with Gasteiger partial charge in [0.15, 0.2) is 5.69 Å². The van der Waals surface area contributed by atoms with Crippen LogP contribution in [0.2, 0.25) is 0 Å². The normalized spacial score (nSPS) is 10.0. The highest BCUT2D eigenvalue weighted by atomic mass is 16.5. The molecular weight excluding hydrogens is 254 g/mol. The van der Waals surface area contributed by atoms with E-state index in [0.717, 1.165) is 11.3 Å². The number of benzene rings is 1. The molecule has 20 heavy (non-hydrogen) atoms. The number of nitrogens with zero attached hydrogens (tertiary/aromatic N) is 1. The average Bonchev–Trinajstić information content (AvgIpc) is 2.46. The van der Waals surface area contributed by atoms with E-state index < -0.39 is 5.97 Å². The summed E-state index contributed by atoms with van der Waals surface area (Å²) in [6, 6.07) is 11.2. The van der Waals surface area contributed by atoms with E-state index in [0.29, 0.717) is 18.6 Å². The minimum Gasteiger partial charge on any atom is -0.489 e. The second kappa shape index (κ2) is 6.52. The number of carbonyl (C=O) groups is 1. The van der Waals surface area contributed by atoms with Crippen LogP contribution in [0.5, 0.6) is 5.75 Å². The standard InChI is InChI=1S/C16H15NO3/c1-2-6-13-9-12(10-17-15(13)16(18)19)11-20-14-7-4-3-5-8-14/h2-5,7-10H,1,6,11H2,(H,18,19). The summed E-state index contributed by atoms with van der Waals surface area (Å²) < 4.78 is 5.61. The number of para-hydroxylation sites is 1. The molecule has 4 nitrogen and oxygen atoms in total. The van der Waals surface area contributed by atoms with Crippen molar-refractivity contribution in [3.8, 4) is 5.75 Å². The van der Waals surface area contributed by atoms with Crippen molar-refractivity contribution < 1.29 is 14.6 Å². The number of aromatic nitrogens is 1. The van der Waals surface area contributed by atoms with Crippen LogP contribution in [0.25, 0.3) is 0 Å². The Labute approximate surface area is 117 Å². The molecule has 1 heterocycles. The SMILES string of the molecule is C=CCc1cc(COc2ccccc2)cnc1C(=O)O. The second-order valence-electron chi connectivity index (χ2n) is 4.25. The van der Waals surface area contributed by atoms with Crippen molar-refractivity contribution >= 4 is 5.97 Å². The maximum atomic E-state index is 11.1. The van der Waals surface area contributed by atoms with E-state index in [2.05, 4.69) is 11.6 Å². The van der Waals surface area contributed by atoms with Crippen LogP contribution in [-0.2, 0) is 13.0 Å². The van der Waals surface area contributed by atoms with Crippen LogP contribution in [0, 0.1) is 0 Å². The minimum absolute atomic E-state index is 0.0633. The highest BCUT2D eigenvalue weighted by Crippen LogP contribution is 2.14. The van der Waals surface area contributed by atoms with Crippen LogP contribution in [0.3, 0.4) is 0 Å². The number of carboxylic acid groups (broad SMARTS) is 1. The van der Waals surface area contributed by atoms with Gasteiger partial charge in [0, 0.05) is 11.8 Å². The molecule has 102 valence electrons. The second-order valence-corrected chi connectivity index (χ2v) is 4.25. The topological polar surface area (TPSA) is 59.4 Å². The summed E-state index contributed by atoms with van der Waals surface area (Å²) in [6.45, 7) is 3.98. The molecule has 0 unspecified atom stereocenters. The first-order chi connectivity index (χ1) is 9.70. The Kier molecular flexibility index (Phi) is 4.50. The molecule has 0 fully saturated rings. The van der Waals surface area contributed by atoms with Gasteiger partial charge in [-0.1, -0.05) is 24.3 Å². The largest absolute Gasteiger partial charge is 0.489 e. The molecule has 0 aliphatic rings. The summed E-state index contributed by atoms with van der Waals surface area (Å²) in [5.41, 5.74) is 1.53. The van der Waals surface area contributed by atoms with Gasteiger partial charge in [-0.05, 0) is 30.2 Å². The van der Waals surface area contributed by atoms with Crippen molar-refractivity contribution in [3.63, 3.8) is 0 Å². The highest BCUT2D eigenvalue weighted by Gasteiger charge is 2.11. The van der Waals surface area contributed by atoms with E-state index in [1.165, 1.54) is 6.20 Å². The molecule has 0 saturated carbocycles. The van der Waals surface area contributed by atoms with Crippen molar-refractivity contribution in [3.05, 3.63) is 72.1 Å². The van der Waals surface area contributed by atoms with Gasteiger partial charge in [0.2, 0.25) is 0 Å². The van der Waals surface area contributed by atoms with E-state index in [4.69, 9.17) is 9.84 Å². The lowest BCUT2D eigenvalue weighted by Gasteiger charge is -2.08. The first kappa shape index (κ1) is 13.8. The van der Waals surface area contributed by atoms with E-state index in [1.807, 2.05) is 30.3 Å². The van der Waals surface area contributed by atoms with Crippen molar-refractivity contribution in [2.75, 3.05) is 0 Å². The van der Waals surface area contributed by atoms with E-state index in [1.54, 1.807) is 12.1 Å².